The van der Waals surface area contributed by atoms with Crippen LogP contribution in [-0.2, 0) is 23.8 Å². The Morgan fingerprint density at radius 3 is 2.43 bits per heavy atom. The van der Waals surface area contributed by atoms with Crippen molar-refractivity contribution < 1.29 is 23.8 Å². The predicted molar refractivity (Wildman–Crippen MR) is 48.6 cm³/mol. The Kier molecular flexibility index (Phi) is 7.45. The van der Waals surface area contributed by atoms with Gasteiger partial charge in [0.25, 0.3) is 0 Å². The largest absolute Gasteiger partial charge is 0.462 e. The fraction of sp³-hybridized carbons (Fsp3) is 0.556. The summed E-state index contributed by atoms with van der Waals surface area (Å²) in [7, 11) is 1.50. The maximum atomic E-state index is 10.9. The molecule has 0 spiro atoms. The van der Waals surface area contributed by atoms with E-state index in [1.807, 2.05) is 0 Å². The van der Waals surface area contributed by atoms with Crippen LogP contribution in [0.25, 0.3) is 0 Å². The molecule has 0 saturated heterocycles. The molecule has 0 rings (SSSR count). The quantitative estimate of drug-likeness (QED) is 0.337. The molecular weight excluding hydrogens is 188 g/mol. The number of methoxy groups -OCH3 is 1. The standard InChI is InChI=1S/C9H14O5/c1-3-8(10)13-6-7-14-9(11)4-5-12-2/h3H,1,4-7H2,2H3. The number of hydrogen-bond donors (Lipinski definition) is 0. The topological polar surface area (TPSA) is 61.8 Å². The molecule has 0 aromatic carbocycles. The van der Waals surface area contributed by atoms with E-state index in [1.54, 1.807) is 0 Å². The second kappa shape index (κ2) is 8.25. The highest BCUT2D eigenvalue weighted by atomic mass is 16.6. The Morgan fingerprint density at radius 2 is 1.86 bits per heavy atom. The van der Waals surface area contributed by atoms with Gasteiger partial charge in [-0.15, -0.1) is 0 Å². The third-order valence-electron chi connectivity index (χ3n) is 1.27. The molecule has 5 nitrogen and oxygen atoms in total. The van der Waals surface area contributed by atoms with Crippen molar-refractivity contribution in [3.8, 4) is 0 Å². The molecular formula is C9H14O5. The SMILES string of the molecule is C=CC(=O)OCCOC(=O)CCOC. The van der Waals surface area contributed by atoms with Crippen LogP contribution in [0.2, 0.25) is 0 Å². The van der Waals surface area contributed by atoms with Crippen LogP contribution in [0.5, 0.6) is 0 Å². The molecule has 0 aromatic heterocycles. The summed E-state index contributed by atoms with van der Waals surface area (Å²) in [6, 6.07) is 0. The smallest absolute Gasteiger partial charge is 0.330 e. The molecule has 0 radical (unpaired) electrons. The molecule has 80 valence electrons. The highest BCUT2D eigenvalue weighted by molar-refractivity contribution is 5.81. The molecule has 0 aliphatic heterocycles. The molecule has 0 unspecified atom stereocenters. The van der Waals surface area contributed by atoms with Crippen LogP contribution >= 0.6 is 0 Å². The highest BCUT2D eigenvalue weighted by Crippen LogP contribution is 1.88. The molecule has 0 atom stereocenters. The first-order chi connectivity index (χ1) is 6.70. The molecule has 0 saturated carbocycles. The van der Waals surface area contributed by atoms with Gasteiger partial charge in [-0.05, 0) is 0 Å². The van der Waals surface area contributed by atoms with E-state index < -0.39 is 5.97 Å². The summed E-state index contributed by atoms with van der Waals surface area (Å²) in [5, 5.41) is 0. The van der Waals surface area contributed by atoms with Crippen LogP contribution in [0.3, 0.4) is 0 Å². The molecule has 0 aliphatic carbocycles. The van der Waals surface area contributed by atoms with E-state index >= 15 is 0 Å². The molecule has 14 heavy (non-hydrogen) atoms. The number of carbonyl (C=O) groups excluding carboxylic acids is 2. The first-order valence-corrected chi connectivity index (χ1v) is 4.14. The van der Waals surface area contributed by atoms with Gasteiger partial charge in [0.2, 0.25) is 0 Å². The first-order valence-electron chi connectivity index (χ1n) is 4.14. The zero-order valence-electron chi connectivity index (χ0n) is 8.15. The van der Waals surface area contributed by atoms with E-state index in [0.29, 0.717) is 6.61 Å². The van der Waals surface area contributed by atoms with Crippen molar-refractivity contribution in [1.29, 1.82) is 0 Å². The van der Waals surface area contributed by atoms with E-state index in [-0.39, 0.29) is 25.6 Å². The fourth-order valence-electron chi connectivity index (χ4n) is 0.614. The molecule has 5 heteroatoms. The molecule has 0 N–H and O–H groups in total. The van der Waals surface area contributed by atoms with E-state index in [1.165, 1.54) is 7.11 Å². The number of ether oxygens (including phenoxy) is 3. The molecule has 0 aliphatic rings. The molecule has 0 heterocycles. The van der Waals surface area contributed by atoms with Gasteiger partial charge in [-0.2, -0.15) is 0 Å². The second-order valence-corrected chi connectivity index (χ2v) is 2.33. The number of esters is 2. The molecule has 0 amide bonds. The zero-order valence-corrected chi connectivity index (χ0v) is 8.15. The Hall–Kier alpha value is -1.36. The summed E-state index contributed by atoms with van der Waals surface area (Å²) >= 11 is 0. The minimum absolute atomic E-state index is 0.0452. The average Bonchev–Trinajstić information content (AvgIpc) is 2.21. The van der Waals surface area contributed by atoms with Gasteiger partial charge in [-0.25, -0.2) is 4.79 Å². The second-order valence-electron chi connectivity index (χ2n) is 2.33. The van der Waals surface area contributed by atoms with Crippen LogP contribution in [-0.4, -0.2) is 38.9 Å². The number of carbonyl (C=O) groups is 2. The summed E-state index contributed by atoms with van der Waals surface area (Å²) in [6.07, 6.45) is 1.25. The summed E-state index contributed by atoms with van der Waals surface area (Å²) in [5.41, 5.74) is 0. The lowest BCUT2D eigenvalue weighted by molar-refractivity contribution is -0.150. The van der Waals surface area contributed by atoms with E-state index in [9.17, 15) is 9.59 Å². The van der Waals surface area contributed by atoms with Crippen molar-refractivity contribution in [2.24, 2.45) is 0 Å². The Labute approximate surface area is 82.6 Å². The van der Waals surface area contributed by atoms with Crippen molar-refractivity contribution in [3.05, 3.63) is 12.7 Å². The Balaban J connectivity index is 3.31. The van der Waals surface area contributed by atoms with Crippen LogP contribution in [0.4, 0.5) is 0 Å². The van der Waals surface area contributed by atoms with Gasteiger partial charge in [0, 0.05) is 13.2 Å². The number of hydrogen-bond acceptors (Lipinski definition) is 5. The Morgan fingerprint density at radius 1 is 1.21 bits per heavy atom. The zero-order chi connectivity index (χ0) is 10.8. The summed E-state index contributed by atoms with van der Waals surface area (Å²) in [6.45, 7) is 3.64. The van der Waals surface area contributed by atoms with E-state index in [2.05, 4.69) is 16.1 Å². The Bertz CT molecular complexity index is 199. The third kappa shape index (κ3) is 7.30. The van der Waals surface area contributed by atoms with Crippen molar-refractivity contribution in [1.82, 2.24) is 0 Å². The first kappa shape index (κ1) is 12.6. The van der Waals surface area contributed by atoms with E-state index in [0.717, 1.165) is 6.08 Å². The summed E-state index contributed by atoms with van der Waals surface area (Å²) in [4.78, 5) is 21.4. The van der Waals surface area contributed by atoms with Crippen molar-refractivity contribution in [2.75, 3.05) is 26.9 Å². The molecule has 0 bridgehead atoms. The monoisotopic (exact) mass is 202 g/mol. The van der Waals surface area contributed by atoms with Gasteiger partial charge in [-0.1, -0.05) is 6.58 Å². The minimum atomic E-state index is -0.530. The van der Waals surface area contributed by atoms with Crippen LogP contribution < -0.4 is 0 Å². The van der Waals surface area contributed by atoms with Crippen LogP contribution in [0.15, 0.2) is 12.7 Å². The normalized spacial score (nSPS) is 9.21. The van der Waals surface area contributed by atoms with Crippen LogP contribution in [0, 0.1) is 0 Å². The van der Waals surface area contributed by atoms with Crippen molar-refractivity contribution in [2.45, 2.75) is 6.42 Å². The summed E-state index contributed by atoms with van der Waals surface area (Å²) < 4.78 is 14.0. The molecule has 0 fully saturated rings. The number of rotatable bonds is 7. The lowest BCUT2D eigenvalue weighted by Gasteiger charge is -2.04. The maximum absolute atomic E-state index is 10.9. The predicted octanol–water partition coefficient (Wildman–Crippen LogP) is 0.295. The van der Waals surface area contributed by atoms with Crippen molar-refractivity contribution >= 4 is 11.9 Å². The maximum Gasteiger partial charge on any atom is 0.330 e. The third-order valence-corrected chi connectivity index (χ3v) is 1.27. The van der Waals surface area contributed by atoms with Crippen molar-refractivity contribution in [3.63, 3.8) is 0 Å². The fourth-order valence-corrected chi connectivity index (χ4v) is 0.614. The van der Waals surface area contributed by atoms with Gasteiger partial charge in [0.1, 0.15) is 13.2 Å². The summed E-state index contributed by atoms with van der Waals surface area (Å²) in [5.74, 6) is -0.903. The van der Waals surface area contributed by atoms with E-state index in [4.69, 9.17) is 4.74 Å². The lowest BCUT2D eigenvalue weighted by Crippen LogP contribution is -2.13. The van der Waals surface area contributed by atoms with Gasteiger partial charge >= 0.3 is 11.9 Å². The van der Waals surface area contributed by atoms with Gasteiger partial charge in [0.15, 0.2) is 0 Å². The lowest BCUT2D eigenvalue weighted by atomic mass is 10.5. The van der Waals surface area contributed by atoms with Gasteiger partial charge in [0.05, 0.1) is 13.0 Å². The molecule has 0 aromatic rings. The van der Waals surface area contributed by atoms with Gasteiger partial charge in [-0.3, -0.25) is 4.79 Å². The minimum Gasteiger partial charge on any atom is -0.462 e. The van der Waals surface area contributed by atoms with Gasteiger partial charge < -0.3 is 14.2 Å². The van der Waals surface area contributed by atoms with Crippen LogP contribution in [0.1, 0.15) is 6.42 Å². The highest BCUT2D eigenvalue weighted by Gasteiger charge is 2.02. The average molecular weight is 202 g/mol.